The van der Waals surface area contributed by atoms with E-state index in [2.05, 4.69) is 20.6 Å². The Morgan fingerprint density at radius 2 is 2.21 bits per heavy atom. The number of nitrogens with zero attached hydrogens (tertiary/aromatic N) is 4. The minimum absolute atomic E-state index is 0.0220. The summed E-state index contributed by atoms with van der Waals surface area (Å²) in [6.45, 7) is 3.74. The van der Waals surface area contributed by atoms with Crippen molar-refractivity contribution in [1.29, 1.82) is 5.26 Å². The summed E-state index contributed by atoms with van der Waals surface area (Å²) in [7, 11) is 0. The predicted molar refractivity (Wildman–Crippen MR) is 103 cm³/mol. The van der Waals surface area contributed by atoms with Crippen LogP contribution < -0.4 is 5.32 Å². The molecule has 2 unspecified atom stereocenters. The van der Waals surface area contributed by atoms with Gasteiger partial charge in [0.2, 0.25) is 0 Å². The summed E-state index contributed by atoms with van der Waals surface area (Å²) in [5.74, 6) is -1.06. The number of hydrogen-bond acceptors (Lipinski definition) is 5. The number of aliphatic hydroxyl groups excluding tert-OH is 1. The summed E-state index contributed by atoms with van der Waals surface area (Å²) in [6, 6.07) is 7.32. The number of rotatable bonds is 6. The van der Waals surface area contributed by atoms with Gasteiger partial charge in [-0.15, -0.1) is 0 Å². The lowest BCUT2D eigenvalue weighted by molar-refractivity contribution is 0.0931. The fraction of sp³-hybridized carbons (Fsp3) is 0.263. The Morgan fingerprint density at radius 3 is 2.83 bits per heavy atom. The molecule has 0 fully saturated rings. The van der Waals surface area contributed by atoms with Gasteiger partial charge in [-0.1, -0.05) is 11.6 Å². The first-order valence-electron chi connectivity index (χ1n) is 8.75. The van der Waals surface area contributed by atoms with Crippen LogP contribution in [0.3, 0.4) is 0 Å². The summed E-state index contributed by atoms with van der Waals surface area (Å²) < 4.78 is 15.6. The number of halogens is 2. The van der Waals surface area contributed by atoms with Gasteiger partial charge < -0.3 is 10.4 Å². The molecular weight excluding hydrogens is 399 g/mol. The highest BCUT2D eigenvalue weighted by Gasteiger charge is 2.16. The maximum Gasteiger partial charge on any atom is 0.269 e. The van der Waals surface area contributed by atoms with Crippen LogP contribution in [0, 0.1) is 17.1 Å². The summed E-state index contributed by atoms with van der Waals surface area (Å²) >= 11 is 5.94. The van der Waals surface area contributed by atoms with Crippen LogP contribution in [-0.4, -0.2) is 37.0 Å². The van der Waals surface area contributed by atoms with E-state index in [0.29, 0.717) is 23.5 Å². The number of benzene rings is 1. The van der Waals surface area contributed by atoms with Crippen LogP contribution in [0.2, 0.25) is 5.02 Å². The number of carbonyl (C=O) groups is 1. The zero-order valence-corrected chi connectivity index (χ0v) is 16.4. The summed E-state index contributed by atoms with van der Waals surface area (Å²) in [5, 5.41) is 32.0. The SMILES string of the molecule is CC(Cn1ccc(-c2cc(F)c(C#N)c(Cl)c2)n1)NC(=O)c1cc(C(C)O)n[nH]1. The molecule has 0 radical (unpaired) electrons. The van der Waals surface area contributed by atoms with E-state index < -0.39 is 11.9 Å². The molecule has 3 aromatic rings. The second-order valence-electron chi connectivity index (χ2n) is 6.61. The lowest BCUT2D eigenvalue weighted by Crippen LogP contribution is -2.36. The third-order valence-electron chi connectivity index (χ3n) is 4.20. The molecule has 2 heterocycles. The highest BCUT2D eigenvalue weighted by Crippen LogP contribution is 2.26. The van der Waals surface area contributed by atoms with Gasteiger partial charge in [-0.25, -0.2) is 4.39 Å². The van der Waals surface area contributed by atoms with Crippen molar-refractivity contribution in [3.05, 3.63) is 58.3 Å². The van der Waals surface area contributed by atoms with Gasteiger partial charge in [0.15, 0.2) is 0 Å². The molecule has 0 spiro atoms. The van der Waals surface area contributed by atoms with E-state index >= 15 is 0 Å². The Kier molecular flexibility index (Phi) is 5.96. The van der Waals surface area contributed by atoms with Gasteiger partial charge in [0.05, 0.1) is 29.1 Å². The standard InChI is InChI=1S/C19H18ClFN6O2/c1-10(23-19(29)18-7-17(11(2)28)24-25-18)9-27-4-3-16(26-27)12-5-14(20)13(8-22)15(21)6-12/h3-7,10-11,28H,9H2,1-2H3,(H,23,29)(H,24,25). The van der Waals surface area contributed by atoms with E-state index in [1.807, 2.05) is 6.92 Å². The second kappa shape index (κ2) is 8.43. The smallest absolute Gasteiger partial charge is 0.269 e. The van der Waals surface area contributed by atoms with Crippen molar-refractivity contribution in [1.82, 2.24) is 25.3 Å². The molecule has 10 heteroatoms. The molecule has 0 saturated heterocycles. The van der Waals surface area contributed by atoms with Crippen molar-refractivity contribution < 1.29 is 14.3 Å². The van der Waals surface area contributed by atoms with Gasteiger partial charge in [-0.05, 0) is 38.1 Å². The molecular formula is C19H18ClFN6O2. The van der Waals surface area contributed by atoms with Crippen molar-refractivity contribution in [3.8, 4) is 17.3 Å². The summed E-state index contributed by atoms with van der Waals surface area (Å²) in [4.78, 5) is 12.3. The molecule has 3 rings (SSSR count). The molecule has 1 amide bonds. The quantitative estimate of drug-likeness (QED) is 0.570. The maximum atomic E-state index is 14.0. The molecule has 0 aliphatic carbocycles. The fourth-order valence-corrected chi connectivity index (χ4v) is 2.99. The van der Waals surface area contributed by atoms with Crippen molar-refractivity contribution in [2.75, 3.05) is 0 Å². The topological polar surface area (TPSA) is 120 Å². The zero-order valence-electron chi connectivity index (χ0n) is 15.6. The largest absolute Gasteiger partial charge is 0.387 e. The molecule has 29 heavy (non-hydrogen) atoms. The molecule has 8 nitrogen and oxygen atoms in total. The van der Waals surface area contributed by atoms with Crippen LogP contribution in [0.1, 0.15) is 41.7 Å². The molecule has 0 bridgehead atoms. The first kappa shape index (κ1) is 20.5. The molecule has 150 valence electrons. The second-order valence-corrected chi connectivity index (χ2v) is 7.01. The van der Waals surface area contributed by atoms with E-state index in [9.17, 15) is 14.3 Å². The van der Waals surface area contributed by atoms with E-state index in [1.54, 1.807) is 29.9 Å². The number of aliphatic hydroxyl groups is 1. The van der Waals surface area contributed by atoms with Crippen LogP contribution in [0.4, 0.5) is 4.39 Å². The van der Waals surface area contributed by atoms with E-state index in [4.69, 9.17) is 16.9 Å². The Balaban J connectivity index is 1.66. The van der Waals surface area contributed by atoms with Gasteiger partial charge in [0.1, 0.15) is 23.1 Å². The van der Waals surface area contributed by atoms with Crippen LogP contribution >= 0.6 is 11.6 Å². The van der Waals surface area contributed by atoms with Crippen LogP contribution in [0.25, 0.3) is 11.3 Å². The molecule has 0 saturated carbocycles. The number of nitrogens with one attached hydrogen (secondary N) is 2. The Labute approximate surface area is 170 Å². The Hall–Kier alpha value is -3.22. The number of aromatic nitrogens is 4. The van der Waals surface area contributed by atoms with E-state index in [1.165, 1.54) is 18.2 Å². The normalized spacial score (nSPS) is 13.0. The fourth-order valence-electron chi connectivity index (χ4n) is 2.74. The lowest BCUT2D eigenvalue weighted by atomic mass is 10.1. The average molecular weight is 417 g/mol. The van der Waals surface area contributed by atoms with Crippen molar-refractivity contribution in [2.45, 2.75) is 32.5 Å². The average Bonchev–Trinajstić information content (AvgIpc) is 3.31. The first-order chi connectivity index (χ1) is 13.8. The van der Waals surface area contributed by atoms with Gasteiger partial charge in [-0.3, -0.25) is 14.6 Å². The number of H-pyrrole nitrogens is 1. The minimum Gasteiger partial charge on any atom is -0.387 e. The molecule has 2 aromatic heterocycles. The number of aromatic amines is 1. The molecule has 0 aliphatic heterocycles. The lowest BCUT2D eigenvalue weighted by Gasteiger charge is -2.13. The monoisotopic (exact) mass is 416 g/mol. The predicted octanol–water partition coefficient (Wildman–Crippen LogP) is 2.81. The first-order valence-corrected chi connectivity index (χ1v) is 9.13. The number of nitriles is 1. The van der Waals surface area contributed by atoms with E-state index in [0.717, 1.165) is 0 Å². The molecule has 1 aromatic carbocycles. The van der Waals surface area contributed by atoms with Crippen LogP contribution in [-0.2, 0) is 6.54 Å². The number of amides is 1. The van der Waals surface area contributed by atoms with Gasteiger partial charge in [0.25, 0.3) is 5.91 Å². The van der Waals surface area contributed by atoms with Gasteiger partial charge in [-0.2, -0.15) is 15.5 Å². The minimum atomic E-state index is -0.770. The number of carbonyl (C=O) groups excluding carboxylic acids is 1. The van der Waals surface area contributed by atoms with Gasteiger partial charge in [0, 0.05) is 17.8 Å². The third-order valence-corrected chi connectivity index (χ3v) is 4.50. The van der Waals surface area contributed by atoms with Crippen molar-refractivity contribution in [2.24, 2.45) is 0 Å². The van der Waals surface area contributed by atoms with Crippen molar-refractivity contribution in [3.63, 3.8) is 0 Å². The van der Waals surface area contributed by atoms with Crippen LogP contribution in [0.5, 0.6) is 0 Å². The van der Waals surface area contributed by atoms with Crippen LogP contribution in [0.15, 0.2) is 30.5 Å². The molecule has 0 aliphatic rings. The van der Waals surface area contributed by atoms with E-state index in [-0.39, 0.29) is 28.2 Å². The zero-order chi connectivity index (χ0) is 21.1. The van der Waals surface area contributed by atoms with Gasteiger partial charge >= 0.3 is 0 Å². The third kappa shape index (κ3) is 4.62. The maximum absolute atomic E-state index is 14.0. The Bertz CT molecular complexity index is 1060. The summed E-state index contributed by atoms with van der Waals surface area (Å²) in [6.07, 6.45) is 0.928. The summed E-state index contributed by atoms with van der Waals surface area (Å²) in [5.41, 5.74) is 1.36. The highest BCUT2D eigenvalue weighted by molar-refractivity contribution is 6.32. The highest BCUT2D eigenvalue weighted by atomic mass is 35.5. The molecule has 2 atom stereocenters. The molecule has 3 N–H and O–H groups in total. The Morgan fingerprint density at radius 1 is 1.45 bits per heavy atom. The number of hydrogen-bond donors (Lipinski definition) is 3. The van der Waals surface area contributed by atoms with Crippen molar-refractivity contribution >= 4 is 17.5 Å².